The van der Waals surface area contributed by atoms with Crippen LogP contribution >= 0.6 is 12.8 Å². The molecule has 1 saturated heterocycles. The number of hydrogen-bond acceptors (Lipinski definition) is 7. The van der Waals surface area contributed by atoms with Crippen molar-refractivity contribution < 1.29 is 29.0 Å². The van der Waals surface area contributed by atoms with Crippen LogP contribution < -0.4 is 19.1 Å². The van der Waals surface area contributed by atoms with E-state index in [1.165, 1.54) is 24.4 Å². The van der Waals surface area contributed by atoms with Gasteiger partial charge in [0.15, 0.2) is 0 Å². The second-order valence-corrected chi connectivity index (χ2v) is 9.69. The van der Waals surface area contributed by atoms with E-state index >= 15 is 0 Å². The third-order valence-corrected chi connectivity index (χ3v) is 5.70. The summed E-state index contributed by atoms with van der Waals surface area (Å²) < 4.78 is 12.3. The lowest BCUT2D eigenvalue weighted by Crippen LogP contribution is -2.45. The maximum absolute atomic E-state index is 12.5. The molecule has 2 heterocycles. The van der Waals surface area contributed by atoms with Crippen molar-refractivity contribution in [2.24, 2.45) is 5.92 Å². The summed E-state index contributed by atoms with van der Waals surface area (Å²) in [7, 11) is 0. The van der Waals surface area contributed by atoms with E-state index < -0.39 is 23.6 Å². The van der Waals surface area contributed by atoms with Crippen LogP contribution in [0.2, 0.25) is 0 Å². The van der Waals surface area contributed by atoms with Crippen LogP contribution in [0.1, 0.15) is 44.0 Å². The fourth-order valence-corrected chi connectivity index (χ4v) is 3.56. The predicted molar refractivity (Wildman–Crippen MR) is 133 cm³/mol. The lowest BCUT2D eigenvalue weighted by Gasteiger charge is -2.31. The number of amides is 3. The molecule has 1 aromatic heterocycles. The molecule has 0 radical (unpaired) electrons. The van der Waals surface area contributed by atoms with E-state index in [4.69, 9.17) is 14.6 Å². The van der Waals surface area contributed by atoms with Crippen molar-refractivity contribution in [3.8, 4) is 11.6 Å². The van der Waals surface area contributed by atoms with Gasteiger partial charge in [0.2, 0.25) is 5.88 Å². The highest BCUT2D eigenvalue weighted by Gasteiger charge is 2.25. The number of aromatic carboxylic acids is 1. The normalized spacial score (nSPS) is 14.2. The van der Waals surface area contributed by atoms with Gasteiger partial charge in [-0.05, 0) is 69.9 Å². The summed E-state index contributed by atoms with van der Waals surface area (Å²) in [6.45, 7) is 7.14. The molecule has 0 atom stereocenters. The van der Waals surface area contributed by atoms with Gasteiger partial charge in [-0.15, -0.1) is 0 Å². The molecule has 1 aliphatic heterocycles. The van der Waals surface area contributed by atoms with Crippen LogP contribution in [-0.2, 0) is 0 Å². The molecule has 1 aliphatic rings. The lowest BCUT2D eigenvalue weighted by atomic mass is 9.98. The highest BCUT2D eigenvalue weighted by Crippen LogP contribution is 2.22. The van der Waals surface area contributed by atoms with Crippen LogP contribution in [0.25, 0.3) is 0 Å². The Morgan fingerprint density at radius 1 is 1.14 bits per heavy atom. The van der Waals surface area contributed by atoms with Crippen LogP contribution in [-0.4, -0.2) is 58.3 Å². The molecule has 10 nitrogen and oxygen atoms in total. The van der Waals surface area contributed by atoms with Gasteiger partial charge in [-0.25, -0.2) is 23.7 Å². The van der Waals surface area contributed by atoms with Crippen LogP contribution in [0.4, 0.5) is 15.3 Å². The molecule has 0 saturated carbocycles. The Morgan fingerprint density at radius 3 is 2.34 bits per heavy atom. The van der Waals surface area contributed by atoms with Gasteiger partial charge >= 0.3 is 18.1 Å². The number of likely N-dealkylation sites (tertiary alicyclic amines) is 1. The second-order valence-electron chi connectivity index (χ2n) is 9.29. The van der Waals surface area contributed by atoms with E-state index in [1.54, 1.807) is 23.1 Å². The number of anilines is 1. The van der Waals surface area contributed by atoms with Crippen LogP contribution in [0, 0.1) is 5.92 Å². The highest BCUT2D eigenvalue weighted by atomic mass is 32.1. The fourth-order valence-electron chi connectivity index (χ4n) is 3.39. The summed E-state index contributed by atoms with van der Waals surface area (Å²) >= 11 is 4.21. The van der Waals surface area contributed by atoms with Crippen LogP contribution in [0.5, 0.6) is 11.6 Å². The van der Waals surface area contributed by atoms with Crippen molar-refractivity contribution in [3.63, 3.8) is 0 Å². The van der Waals surface area contributed by atoms with Gasteiger partial charge in [0.1, 0.15) is 5.75 Å². The van der Waals surface area contributed by atoms with Gasteiger partial charge in [0.05, 0.1) is 24.1 Å². The van der Waals surface area contributed by atoms with Crippen molar-refractivity contribution in [2.45, 2.75) is 39.2 Å². The van der Waals surface area contributed by atoms with E-state index in [-0.39, 0.29) is 17.4 Å². The minimum atomic E-state index is -0.978. The molecule has 1 fully saturated rings. The lowest BCUT2D eigenvalue weighted by molar-refractivity contribution is 0.0696. The summed E-state index contributed by atoms with van der Waals surface area (Å²) in [5.74, 6) is 0.0411. The number of benzene rings is 1. The molecular weight excluding hydrogens is 472 g/mol. The average Bonchev–Trinajstić information content (AvgIpc) is 2.82. The number of carbonyl (C=O) groups excluding carboxylic acids is 2. The molecule has 35 heavy (non-hydrogen) atoms. The van der Waals surface area contributed by atoms with Crippen LogP contribution in [0.3, 0.4) is 0 Å². The summed E-state index contributed by atoms with van der Waals surface area (Å²) in [6.07, 6.45) is 2.44. The summed E-state index contributed by atoms with van der Waals surface area (Å²) in [4.78, 5) is 41.4. The largest absolute Gasteiger partial charge is 0.493 e. The molecule has 3 rings (SSSR count). The first-order valence-corrected chi connectivity index (χ1v) is 11.6. The number of rotatable bonds is 6. The van der Waals surface area contributed by atoms with Gasteiger partial charge in [-0.1, -0.05) is 12.8 Å². The number of nitrogens with zero attached hydrogens (tertiary/aromatic N) is 3. The molecule has 0 spiro atoms. The second kappa shape index (κ2) is 11.3. The Hall–Kier alpha value is -3.47. The number of ether oxygens (including phenoxy) is 2. The maximum Gasteiger partial charge on any atom is 0.416 e. The smallest absolute Gasteiger partial charge is 0.416 e. The van der Waals surface area contributed by atoms with Gasteiger partial charge in [-0.2, -0.15) is 0 Å². The number of nitrogens with one attached hydrogen (secondary N) is 1. The van der Waals surface area contributed by atoms with Crippen molar-refractivity contribution in [3.05, 3.63) is 48.2 Å². The number of carbonyl (C=O) groups is 3. The Bertz CT molecular complexity index is 1030. The van der Waals surface area contributed by atoms with Gasteiger partial charge < -0.3 is 24.8 Å². The van der Waals surface area contributed by atoms with E-state index in [0.29, 0.717) is 31.1 Å². The molecule has 0 bridgehead atoms. The topological polar surface area (TPSA) is 121 Å². The number of thiol groups is 1. The first kappa shape index (κ1) is 26.1. The quantitative estimate of drug-likeness (QED) is 0.506. The monoisotopic (exact) mass is 502 g/mol. The molecule has 2 aromatic rings. The van der Waals surface area contributed by atoms with Gasteiger partial charge in [-0.3, -0.25) is 0 Å². The minimum Gasteiger partial charge on any atom is -0.493 e. The third-order valence-electron chi connectivity index (χ3n) is 5.29. The number of piperidine rings is 1. The van der Waals surface area contributed by atoms with E-state index in [1.807, 2.05) is 20.8 Å². The number of aromatic nitrogens is 1. The van der Waals surface area contributed by atoms with Crippen molar-refractivity contribution in [2.75, 3.05) is 24.0 Å². The Morgan fingerprint density at radius 2 is 1.80 bits per heavy atom. The Kier molecular flexibility index (Phi) is 8.44. The zero-order valence-corrected chi connectivity index (χ0v) is 20.8. The van der Waals surface area contributed by atoms with Gasteiger partial charge in [0, 0.05) is 24.7 Å². The maximum atomic E-state index is 12.5. The standard InChI is InChI=1S/C24H30N4O6S/c1-24(2,3)26-22(31)28(35)18-6-9-20(25-14-18)34-23(32)27-12-10-16(11-13-27)15-33-19-7-4-17(5-8-19)21(29)30/h4-9,14,16,35H,10-13,15H2,1-3H3,(H,26,31)(H,29,30). The molecule has 3 amide bonds. The molecular formula is C24H30N4O6S. The Balaban J connectivity index is 1.43. The number of pyridine rings is 1. The molecule has 1 aromatic carbocycles. The van der Waals surface area contributed by atoms with E-state index in [0.717, 1.165) is 17.1 Å². The van der Waals surface area contributed by atoms with Crippen molar-refractivity contribution in [1.82, 2.24) is 15.2 Å². The Labute approximate surface area is 209 Å². The first-order valence-electron chi connectivity index (χ1n) is 11.2. The number of carboxylic acid groups (broad SMARTS) is 1. The van der Waals surface area contributed by atoms with Crippen molar-refractivity contribution in [1.29, 1.82) is 0 Å². The third kappa shape index (κ3) is 7.78. The first-order chi connectivity index (χ1) is 16.5. The predicted octanol–water partition coefficient (Wildman–Crippen LogP) is 4.23. The van der Waals surface area contributed by atoms with Gasteiger partial charge in [0.25, 0.3) is 0 Å². The summed E-state index contributed by atoms with van der Waals surface area (Å²) in [5.41, 5.74) is 0.240. The molecule has 11 heteroatoms. The highest BCUT2D eigenvalue weighted by molar-refractivity contribution is 7.82. The summed E-state index contributed by atoms with van der Waals surface area (Å²) in [5, 5.41) is 11.7. The fraction of sp³-hybridized carbons (Fsp3) is 0.417. The SMILES string of the molecule is CC(C)(C)NC(=O)N(S)c1ccc(OC(=O)N2CCC(COc3ccc(C(=O)O)cc3)CC2)nc1. The zero-order chi connectivity index (χ0) is 25.6. The average molecular weight is 503 g/mol. The number of carboxylic acids is 1. The zero-order valence-electron chi connectivity index (χ0n) is 19.9. The van der Waals surface area contributed by atoms with Crippen LogP contribution in [0.15, 0.2) is 42.6 Å². The summed E-state index contributed by atoms with van der Waals surface area (Å²) in [6, 6.07) is 9.00. The van der Waals surface area contributed by atoms with E-state index in [9.17, 15) is 14.4 Å². The van der Waals surface area contributed by atoms with Crippen molar-refractivity contribution >= 4 is 36.6 Å². The number of hydrogen-bond donors (Lipinski definition) is 3. The number of urea groups is 1. The molecule has 188 valence electrons. The minimum absolute atomic E-state index is 0.131. The molecule has 0 aliphatic carbocycles. The molecule has 2 N–H and O–H groups in total. The molecule has 0 unspecified atom stereocenters. The van der Waals surface area contributed by atoms with E-state index in [2.05, 4.69) is 23.1 Å².